The van der Waals surface area contributed by atoms with E-state index in [1.54, 1.807) is 0 Å². The van der Waals surface area contributed by atoms with Gasteiger partial charge >= 0.3 is 0 Å². The van der Waals surface area contributed by atoms with E-state index in [-0.39, 0.29) is 5.91 Å². The van der Waals surface area contributed by atoms with Crippen molar-refractivity contribution in [1.29, 1.82) is 0 Å². The van der Waals surface area contributed by atoms with Gasteiger partial charge in [-0.1, -0.05) is 23.8 Å². The maximum absolute atomic E-state index is 12.2. The van der Waals surface area contributed by atoms with E-state index in [9.17, 15) is 4.79 Å². The van der Waals surface area contributed by atoms with E-state index in [4.69, 9.17) is 10.5 Å². The second-order valence-corrected chi connectivity index (χ2v) is 5.10. The van der Waals surface area contributed by atoms with Gasteiger partial charge in [0, 0.05) is 19.6 Å². The number of hydrogen-bond donors (Lipinski definition) is 1. The van der Waals surface area contributed by atoms with E-state index >= 15 is 0 Å². The monoisotopic (exact) mass is 274 g/mol. The molecule has 20 heavy (non-hydrogen) atoms. The van der Waals surface area contributed by atoms with Gasteiger partial charge in [0.05, 0.1) is 6.42 Å². The summed E-state index contributed by atoms with van der Waals surface area (Å²) in [5, 5.41) is 0. The van der Waals surface area contributed by atoms with Crippen LogP contribution < -0.4 is 10.5 Å². The Labute approximate surface area is 120 Å². The molecule has 4 nitrogen and oxygen atoms in total. The van der Waals surface area contributed by atoms with Crippen molar-refractivity contribution in [3.63, 3.8) is 0 Å². The summed E-state index contributed by atoms with van der Waals surface area (Å²) in [5.41, 5.74) is 7.77. The largest absolute Gasteiger partial charge is 0.492 e. The van der Waals surface area contributed by atoms with Crippen molar-refractivity contribution < 1.29 is 9.53 Å². The lowest BCUT2D eigenvalue weighted by Crippen LogP contribution is -2.35. The van der Waals surface area contributed by atoms with Crippen molar-refractivity contribution in [3.05, 3.63) is 41.5 Å². The van der Waals surface area contributed by atoms with E-state index in [0.717, 1.165) is 30.8 Å². The fourth-order valence-corrected chi connectivity index (χ4v) is 2.16. The molecule has 108 valence electrons. The Balaban J connectivity index is 1.88. The molecular formula is C16H22N2O2. The molecule has 2 N–H and O–H groups in total. The van der Waals surface area contributed by atoms with Gasteiger partial charge in [-0.05, 0) is 31.0 Å². The highest BCUT2D eigenvalue weighted by Gasteiger charge is 2.15. The maximum Gasteiger partial charge on any atom is 0.227 e. The zero-order valence-electron chi connectivity index (χ0n) is 12.0. The molecule has 1 heterocycles. The molecule has 0 fully saturated rings. The van der Waals surface area contributed by atoms with Crippen LogP contribution in [0.3, 0.4) is 0 Å². The van der Waals surface area contributed by atoms with Crippen molar-refractivity contribution in [2.45, 2.75) is 19.8 Å². The lowest BCUT2D eigenvalue weighted by atomic mass is 10.1. The van der Waals surface area contributed by atoms with Gasteiger partial charge in [0.15, 0.2) is 0 Å². The number of rotatable bonds is 5. The summed E-state index contributed by atoms with van der Waals surface area (Å²) >= 11 is 0. The predicted octanol–water partition coefficient (Wildman–Crippen LogP) is 1.75. The van der Waals surface area contributed by atoms with Crippen LogP contribution >= 0.6 is 0 Å². The number of hydrogen-bond acceptors (Lipinski definition) is 3. The molecule has 0 radical (unpaired) electrons. The Bertz CT molecular complexity index is 480. The summed E-state index contributed by atoms with van der Waals surface area (Å²) in [4.78, 5) is 14.1. The number of carbonyl (C=O) groups excluding carboxylic acids is 1. The fourth-order valence-electron chi connectivity index (χ4n) is 2.16. The number of nitrogens with zero attached hydrogens (tertiary/aromatic N) is 1. The molecule has 0 saturated carbocycles. The van der Waals surface area contributed by atoms with Crippen LogP contribution in [0.4, 0.5) is 0 Å². The normalized spacial score (nSPS) is 14.9. The number of benzene rings is 1. The van der Waals surface area contributed by atoms with Crippen molar-refractivity contribution in [2.75, 3.05) is 26.2 Å². The van der Waals surface area contributed by atoms with Crippen LogP contribution in [0.5, 0.6) is 5.75 Å². The highest BCUT2D eigenvalue weighted by molar-refractivity contribution is 5.79. The molecule has 1 aliphatic rings. The topological polar surface area (TPSA) is 55.6 Å². The first-order chi connectivity index (χ1) is 9.69. The molecule has 1 aromatic rings. The maximum atomic E-state index is 12.2. The number of nitrogens with two attached hydrogens (primary N) is 1. The third kappa shape index (κ3) is 4.10. The molecule has 0 aliphatic carbocycles. The number of amides is 1. The first-order valence-electron chi connectivity index (χ1n) is 7.04. The van der Waals surface area contributed by atoms with Crippen LogP contribution in [0.25, 0.3) is 0 Å². The zero-order chi connectivity index (χ0) is 14.4. The van der Waals surface area contributed by atoms with Crippen LogP contribution in [0, 0.1) is 0 Å². The Hall–Kier alpha value is -1.81. The minimum absolute atomic E-state index is 0.185. The summed E-state index contributed by atoms with van der Waals surface area (Å²) in [6.45, 7) is 4.70. The first-order valence-corrected chi connectivity index (χ1v) is 7.04. The molecule has 0 bridgehead atoms. The molecule has 1 amide bonds. The van der Waals surface area contributed by atoms with Gasteiger partial charge in [-0.3, -0.25) is 4.79 Å². The molecule has 4 heteroatoms. The summed E-state index contributed by atoms with van der Waals surface area (Å²) in [6.07, 6.45) is 3.56. The van der Waals surface area contributed by atoms with Crippen LogP contribution in [0.1, 0.15) is 18.9 Å². The van der Waals surface area contributed by atoms with Gasteiger partial charge in [-0.2, -0.15) is 0 Å². The quantitative estimate of drug-likeness (QED) is 0.832. The van der Waals surface area contributed by atoms with E-state index in [2.05, 4.69) is 13.0 Å². The Morgan fingerprint density at radius 3 is 2.70 bits per heavy atom. The molecule has 0 atom stereocenters. The lowest BCUT2D eigenvalue weighted by molar-refractivity contribution is -0.130. The number of carbonyl (C=O) groups is 1. The second-order valence-electron chi connectivity index (χ2n) is 5.10. The zero-order valence-corrected chi connectivity index (χ0v) is 12.0. The molecule has 0 aromatic heterocycles. The summed E-state index contributed by atoms with van der Waals surface area (Å²) < 4.78 is 5.42. The lowest BCUT2D eigenvalue weighted by Gasteiger charge is -2.25. The van der Waals surface area contributed by atoms with Crippen molar-refractivity contribution in [1.82, 2.24) is 4.90 Å². The van der Waals surface area contributed by atoms with E-state index in [1.165, 1.54) is 5.57 Å². The summed E-state index contributed by atoms with van der Waals surface area (Å²) in [5.74, 6) is 0.979. The minimum atomic E-state index is 0.185. The predicted molar refractivity (Wildman–Crippen MR) is 79.6 cm³/mol. The van der Waals surface area contributed by atoms with Crippen LogP contribution in [-0.2, 0) is 11.2 Å². The van der Waals surface area contributed by atoms with E-state index < -0.39 is 0 Å². The van der Waals surface area contributed by atoms with Crippen LogP contribution in [0.2, 0.25) is 0 Å². The third-order valence-corrected chi connectivity index (χ3v) is 3.45. The third-order valence-electron chi connectivity index (χ3n) is 3.45. The van der Waals surface area contributed by atoms with E-state index in [0.29, 0.717) is 19.6 Å². The highest BCUT2D eigenvalue weighted by atomic mass is 16.5. The fraction of sp³-hybridized carbons (Fsp3) is 0.438. The molecule has 1 aromatic carbocycles. The summed E-state index contributed by atoms with van der Waals surface area (Å²) in [7, 11) is 0. The van der Waals surface area contributed by atoms with Gasteiger partial charge in [0.25, 0.3) is 0 Å². The summed E-state index contributed by atoms with van der Waals surface area (Å²) in [6, 6.07) is 7.65. The minimum Gasteiger partial charge on any atom is -0.492 e. The second kappa shape index (κ2) is 7.10. The Morgan fingerprint density at radius 2 is 2.10 bits per heavy atom. The Kier molecular flexibility index (Phi) is 5.18. The van der Waals surface area contributed by atoms with Crippen molar-refractivity contribution >= 4 is 5.91 Å². The Morgan fingerprint density at radius 1 is 1.35 bits per heavy atom. The smallest absolute Gasteiger partial charge is 0.227 e. The van der Waals surface area contributed by atoms with Gasteiger partial charge in [-0.15, -0.1) is 0 Å². The van der Waals surface area contributed by atoms with Gasteiger partial charge in [0.2, 0.25) is 5.91 Å². The molecule has 2 rings (SSSR count). The standard InChI is InChI=1S/C16H22N2O2/c1-13-6-9-18(10-7-13)16(19)12-14-2-4-15(5-3-14)20-11-8-17/h2-6H,7-12,17H2,1H3. The number of ether oxygens (including phenoxy) is 1. The highest BCUT2D eigenvalue weighted by Crippen LogP contribution is 2.15. The molecule has 0 spiro atoms. The molecular weight excluding hydrogens is 252 g/mol. The first kappa shape index (κ1) is 14.6. The molecule has 0 unspecified atom stereocenters. The van der Waals surface area contributed by atoms with Crippen LogP contribution in [0.15, 0.2) is 35.9 Å². The van der Waals surface area contributed by atoms with Gasteiger partial charge in [-0.25, -0.2) is 0 Å². The van der Waals surface area contributed by atoms with Crippen molar-refractivity contribution in [3.8, 4) is 5.75 Å². The SMILES string of the molecule is CC1=CCN(C(=O)Cc2ccc(OCCN)cc2)CC1. The van der Waals surface area contributed by atoms with Crippen molar-refractivity contribution in [2.24, 2.45) is 5.73 Å². The van der Waals surface area contributed by atoms with Crippen LogP contribution in [-0.4, -0.2) is 37.0 Å². The molecule has 1 aliphatic heterocycles. The van der Waals surface area contributed by atoms with Gasteiger partial charge in [0.1, 0.15) is 12.4 Å². The molecule has 0 saturated heterocycles. The average molecular weight is 274 g/mol. The average Bonchev–Trinajstić information content (AvgIpc) is 2.47. The van der Waals surface area contributed by atoms with E-state index in [1.807, 2.05) is 29.2 Å². The van der Waals surface area contributed by atoms with Gasteiger partial charge < -0.3 is 15.4 Å².